The van der Waals surface area contributed by atoms with Crippen molar-refractivity contribution in [2.75, 3.05) is 4.90 Å². The van der Waals surface area contributed by atoms with E-state index in [0.29, 0.717) is 0 Å². The van der Waals surface area contributed by atoms with Crippen LogP contribution in [0.25, 0.3) is 5.69 Å². The van der Waals surface area contributed by atoms with Crippen molar-refractivity contribution in [3.05, 3.63) is 113 Å². The number of anilines is 1. The number of nitrogens with zero attached hydrogens (tertiary/aromatic N) is 3. The Balaban J connectivity index is 1.71. The third-order valence-corrected chi connectivity index (χ3v) is 7.16. The molecule has 1 aliphatic heterocycles. The molecule has 0 amide bonds. The molecule has 2 aromatic heterocycles. The van der Waals surface area contributed by atoms with Crippen LogP contribution in [0.2, 0.25) is 0 Å². The third kappa shape index (κ3) is 3.70. The van der Waals surface area contributed by atoms with Gasteiger partial charge in [0.15, 0.2) is 5.11 Å². The Morgan fingerprint density at radius 2 is 1.71 bits per heavy atom. The van der Waals surface area contributed by atoms with E-state index >= 15 is 0 Å². The lowest BCUT2D eigenvalue weighted by molar-refractivity contribution is 0.565. The molecule has 0 radical (unpaired) electrons. The zero-order valence-electron chi connectivity index (χ0n) is 20.1. The Kier molecular flexibility index (Phi) is 5.96. The Morgan fingerprint density at radius 3 is 2.41 bits per heavy atom. The molecule has 3 heterocycles. The molecule has 5 rings (SSSR count). The SMILES string of the molecule is CCc1cccc(C)c1-n1c(C)cc([C@@H]2[C@@H](c3ccccn3)NC(=S)N2c2ccccc2)c1C. The molecule has 5 heteroatoms. The van der Waals surface area contributed by atoms with Gasteiger partial charge in [0.1, 0.15) is 0 Å². The van der Waals surface area contributed by atoms with E-state index in [9.17, 15) is 0 Å². The molecular weight excluding hydrogens is 436 g/mol. The number of nitrogens with one attached hydrogen (secondary N) is 1. The first-order valence-electron chi connectivity index (χ1n) is 11.8. The molecule has 2 atom stereocenters. The van der Waals surface area contributed by atoms with Crippen LogP contribution >= 0.6 is 12.2 Å². The normalized spacial score (nSPS) is 17.8. The largest absolute Gasteiger partial charge is 0.351 e. The summed E-state index contributed by atoms with van der Waals surface area (Å²) in [4.78, 5) is 6.95. The van der Waals surface area contributed by atoms with Gasteiger partial charge in [-0.1, -0.05) is 49.4 Å². The van der Waals surface area contributed by atoms with Crippen LogP contribution in [0.3, 0.4) is 0 Å². The summed E-state index contributed by atoms with van der Waals surface area (Å²) in [5.74, 6) is 0. The third-order valence-electron chi connectivity index (χ3n) is 6.85. The Labute approximate surface area is 207 Å². The molecule has 1 aliphatic rings. The van der Waals surface area contributed by atoms with E-state index in [1.807, 2.05) is 24.4 Å². The molecule has 1 fully saturated rings. The summed E-state index contributed by atoms with van der Waals surface area (Å²) < 4.78 is 2.42. The number of hydrogen-bond donors (Lipinski definition) is 1. The smallest absolute Gasteiger partial charge is 0.174 e. The number of aryl methyl sites for hydroxylation is 3. The number of benzene rings is 2. The van der Waals surface area contributed by atoms with Crippen molar-refractivity contribution in [1.29, 1.82) is 0 Å². The second-order valence-corrected chi connectivity index (χ2v) is 9.32. The van der Waals surface area contributed by atoms with Crippen LogP contribution in [0.15, 0.2) is 79.0 Å². The van der Waals surface area contributed by atoms with Gasteiger partial charge in [0.25, 0.3) is 0 Å². The summed E-state index contributed by atoms with van der Waals surface area (Å²) in [6, 6.07) is 25.3. The summed E-state index contributed by atoms with van der Waals surface area (Å²) in [5.41, 5.74) is 9.72. The van der Waals surface area contributed by atoms with Gasteiger partial charge in [-0.2, -0.15) is 0 Å². The number of hydrogen-bond acceptors (Lipinski definition) is 2. The lowest BCUT2D eigenvalue weighted by atomic mass is 9.96. The Morgan fingerprint density at radius 1 is 0.941 bits per heavy atom. The monoisotopic (exact) mass is 466 g/mol. The highest BCUT2D eigenvalue weighted by Crippen LogP contribution is 2.44. The van der Waals surface area contributed by atoms with Crippen molar-refractivity contribution in [3.63, 3.8) is 0 Å². The zero-order valence-corrected chi connectivity index (χ0v) is 20.9. The predicted octanol–water partition coefficient (Wildman–Crippen LogP) is 6.54. The van der Waals surface area contributed by atoms with Crippen LogP contribution in [0, 0.1) is 20.8 Å². The van der Waals surface area contributed by atoms with E-state index in [1.165, 1.54) is 33.8 Å². The first-order chi connectivity index (χ1) is 16.5. The van der Waals surface area contributed by atoms with Gasteiger partial charge in [-0.05, 0) is 86.4 Å². The maximum absolute atomic E-state index is 5.89. The molecule has 1 saturated heterocycles. The number of pyridine rings is 1. The fraction of sp³-hybridized carbons (Fsp3) is 0.241. The fourth-order valence-corrected chi connectivity index (χ4v) is 5.64. The van der Waals surface area contributed by atoms with Gasteiger partial charge >= 0.3 is 0 Å². The van der Waals surface area contributed by atoms with Gasteiger partial charge in [0.2, 0.25) is 0 Å². The maximum Gasteiger partial charge on any atom is 0.174 e. The van der Waals surface area contributed by atoms with Crippen LogP contribution in [0.4, 0.5) is 5.69 Å². The Hall–Kier alpha value is -3.44. The van der Waals surface area contributed by atoms with Crippen molar-refractivity contribution in [3.8, 4) is 5.69 Å². The molecule has 2 aromatic carbocycles. The fourth-order valence-electron chi connectivity index (χ4n) is 5.29. The van der Waals surface area contributed by atoms with Gasteiger partial charge in [0, 0.05) is 23.3 Å². The lowest BCUT2D eigenvalue weighted by Gasteiger charge is -2.28. The minimum Gasteiger partial charge on any atom is -0.351 e. The molecular formula is C29H30N4S. The van der Waals surface area contributed by atoms with Crippen molar-refractivity contribution in [2.45, 2.75) is 46.2 Å². The van der Waals surface area contributed by atoms with Crippen molar-refractivity contribution >= 4 is 23.0 Å². The zero-order chi connectivity index (χ0) is 23.8. The summed E-state index contributed by atoms with van der Waals surface area (Å²) in [6.07, 6.45) is 2.84. The van der Waals surface area contributed by atoms with Crippen molar-refractivity contribution in [1.82, 2.24) is 14.9 Å². The summed E-state index contributed by atoms with van der Waals surface area (Å²) in [7, 11) is 0. The van der Waals surface area contributed by atoms with Crippen LogP contribution in [-0.2, 0) is 6.42 Å². The molecule has 0 aliphatic carbocycles. The van der Waals surface area contributed by atoms with E-state index in [2.05, 4.69) is 97.1 Å². The molecule has 4 nitrogen and oxygen atoms in total. The number of aromatic nitrogens is 2. The maximum atomic E-state index is 5.89. The molecule has 0 unspecified atom stereocenters. The summed E-state index contributed by atoms with van der Waals surface area (Å²) >= 11 is 5.89. The first kappa shape index (κ1) is 22.4. The van der Waals surface area contributed by atoms with Gasteiger partial charge in [0.05, 0.1) is 23.5 Å². The molecule has 4 aromatic rings. The van der Waals surface area contributed by atoms with Crippen molar-refractivity contribution < 1.29 is 0 Å². The van der Waals surface area contributed by atoms with E-state index < -0.39 is 0 Å². The standard InChI is InChI=1S/C29H30N4S/c1-5-22-13-11-12-19(2)27(22)32-20(3)18-24(21(32)4)28-26(25-16-9-10-17-30-25)31-29(34)33(28)23-14-7-6-8-15-23/h6-18,26,28H,5H2,1-4H3,(H,31,34)/t26-,28-/m1/s1. The van der Waals surface area contributed by atoms with Crippen LogP contribution in [-0.4, -0.2) is 14.7 Å². The Bertz CT molecular complexity index is 1330. The molecule has 0 bridgehead atoms. The van der Waals surface area contributed by atoms with Crippen LogP contribution < -0.4 is 10.2 Å². The highest BCUT2D eigenvalue weighted by Gasteiger charge is 2.42. The second-order valence-electron chi connectivity index (χ2n) is 8.93. The first-order valence-corrected chi connectivity index (χ1v) is 12.3. The summed E-state index contributed by atoms with van der Waals surface area (Å²) in [6.45, 7) is 8.85. The molecule has 34 heavy (non-hydrogen) atoms. The van der Waals surface area contributed by atoms with Crippen molar-refractivity contribution in [2.24, 2.45) is 0 Å². The average molecular weight is 467 g/mol. The highest BCUT2D eigenvalue weighted by molar-refractivity contribution is 7.80. The van der Waals surface area contributed by atoms with Gasteiger partial charge in [-0.15, -0.1) is 0 Å². The van der Waals surface area contributed by atoms with E-state index in [1.54, 1.807) is 0 Å². The summed E-state index contributed by atoms with van der Waals surface area (Å²) in [5, 5.41) is 4.31. The lowest BCUT2D eigenvalue weighted by Crippen LogP contribution is -2.29. The predicted molar refractivity (Wildman–Crippen MR) is 144 cm³/mol. The van der Waals surface area contributed by atoms with E-state index in [4.69, 9.17) is 17.2 Å². The molecule has 0 saturated carbocycles. The molecule has 172 valence electrons. The van der Waals surface area contributed by atoms with Crippen LogP contribution in [0.5, 0.6) is 0 Å². The minimum absolute atomic E-state index is 0.0150. The van der Waals surface area contributed by atoms with E-state index in [-0.39, 0.29) is 12.1 Å². The van der Waals surface area contributed by atoms with Gasteiger partial charge < -0.3 is 14.8 Å². The van der Waals surface area contributed by atoms with Gasteiger partial charge in [-0.25, -0.2) is 0 Å². The quantitative estimate of drug-likeness (QED) is 0.339. The molecule has 1 N–H and O–H groups in total. The average Bonchev–Trinajstić information content (AvgIpc) is 3.35. The number of para-hydroxylation sites is 2. The van der Waals surface area contributed by atoms with E-state index in [0.717, 1.165) is 22.9 Å². The highest BCUT2D eigenvalue weighted by atomic mass is 32.1. The minimum atomic E-state index is -0.0506. The van der Waals surface area contributed by atoms with Crippen LogP contribution in [0.1, 0.15) is 52.8 Å². The second kappa shape index (κ2) is 9.07. The number of thiocarbonyl (C=S) groups is 1. The molecule has 0 spiro atoms. The topological polar surface area (TPSA) is 33.1 Å². The van der Waals surface area contributed by atoms with Gasteiger partial charge in [-0.3, -0.25) is 4.98 Å². The number of rotatable bonds is 5.